The van der Waals surface area contributed by atoms with Crippen LogP contribution in [0.15, 0.2) is 22.6 Å². The number of rotatable bonds is 4. The Balaban J connectivity index is 2.75. The molecule has 0 aromatic carbocycles. The van der Waals surface area contributed by atoms with E-state index in [1.807, 2.05) is 11.4 Å². The second-order valence-electron chi connectivity index (χ2n) is 2.58. The van der Waals surface area contributed by atoms with Crippen LogP contribution in [-0.2, 0) is 0 Å². The number of carbonyl (C=O) groups is 1. The molecule has 0 aliphatic carbocycles. The van der Waals surface area contributed by atoms with Crippen molar-refractivity contribution in [3.05, 3.63) is 38.4 Å². The van der Waals surface area contributed by atoms with Gasteiger partial charge in [0.15, 0.2) is 5.78 Å². The predicted octanol–water partition coefficient (Wildman–Crippen LogP) is 3.27. The average molecular weight is 207 g/mol. The van der Waals surface area contributed by atoms with Crippen molar-refractivity contribution >= 4 is 23.2 Å². The number of azide groups is 1. The van der Waals surface area contributed by atoms with Gasteiger partial charge in [-0.15, -0.1) is 11.3 Å². The zero-order chi connectivity index (χ0) is 10.4. The molecule has 1 rings (SSSR count). The molecule has 0 amide bonds. The quantitative estimate of drug-likeness (QED) is 0.323. The molecule has 0 saturated heterocycles. The second-order valence-corrected chi connectivity index (χ2v) is 3.49. The zero-order valence-electron chi connectivity index (χ0n) is 7.67. The fourth-order valence-corrected chi connectivity index (χ4v) is 1.79. The van der Waals surface area contributed by atoms with E-state index in [0.717, 1.165) is 10.4 Å². The van der Waals surface area contributed by atoms with Crippen LogP contribution in [-0.4, -0.2) is 12.3 Å². The summed E-state index contributed by atoms with van der Waals surface area (Å²) in [7, 11) is 0. The zero-order valence-corrected chi connectivity index (χ0v) is 8.49. The maximum atomic E-state index is 11.1. The van der Waals surface area contributed by atoms with Gasteiger partial charge in [-0.3, -0.25) is 4.79 Å². The molecule has 0 spiro atoms. The highest BCUT2D eigenvalue weighted by atomic mass is 32.1. The van der Waals surface area contributed by atoms with Crippen molar-refractivity contribution in [2.24, 2.45) is 5.11 Å². The molecular formula is C9H9N3OS. The first-order valence-electron chi connectivity index (χ1n) is 4.01. The second kappa shape index (κ2) is 5.21. The minimum atomic E-state index is 0.0587. The molecule has 0 bridgehead atoms. The summed E-state index contributed by atoms with van der Waals surface area (Å²) >= 11 is 1.42. The summed E-state index contributed by atoms with van der Waals surface area (Å²) in [6.07, 6.45) is 3.52. The lowest BCUT2D eigenvalue weighted by Gasteiger charge is -1.91. The van der Waals surface area contributed by atoms with Gasteiger partial charge in [-0.2, -0.15) is 0 Å². The molecule has 14 heavy (non-hydrogen) atoms. The largest absolute Gasteiger partial charge is 0.294 e. The summed E-state index contributed by atoms with van der Waals surface area (Å²) < 4.78 is 0. The van der Waals surface area contributed by atoms with Crippen LogP contribution in [0.1, 0.15) is 22.2 Å². The smallest absolute Gasteiger partial charge is 0.170 e. The first-order valence-corrected chi connectivity index (χ1v) is 4.89. The van der Waals surface area contributed by atoms with E-state index in [0.29, 0.717) is 6.54 Å². The molecule has 4 nitrogen and oxygen atoms in total. The van der Waals surface area contributed by atoms with E-state index in [-0.39, 0.29) is 5.78 Å². The lowest BCUT2D eigenvalue weighted by Crippen LogP contribution is -1.88. The standard InChI is InChI=1S/C9H9N3OS/c1-7(13)9-8(4-6-14-9)3-2-5-11-12-10/h2-4,6H,5H2,1H3. The first kappa shape index (κ1) is 10.5. The highest BCUT2D eigenvalue weighted by molar-refractivity contribution is 7.12. The Morgan fingerprint density at radius 2 is 2.57 bits per heavy atom. The fraction of sp³-hybridized carbons (Fsp3) is 0.222. The van der Waals surface area contributed by atoms with Crippen molar-refractivity contribution in [3.8, 4) is 0 Å². The molecule has 0 N–H and O–H groups in total. The third kappa shape index (κ3) is 2.73. The van der Waals surface area contributed by atoms with Crippen LogP contribution >= 0.6 is 11.3 Å². The van der Waals surface area contributed by atoms with Gasteiger partial charge in [0.2, 0.25) is 0 Å². The van der Waals surface area contributed by atoms with E-state index in [4.69, 9.17) is 5.53 Å². The van der Waals surface area contributed by atoms with Crippen LogP contribution in [0.2, 0.25) is 0 Å². The van der Waals surface area contributed by atoms with Crippen molar-refractivity contribution in [1.29, 1.82) is 0 Å². The van der Waals surface area contributed by atoms with Crippen LogP contribution < -0.4 is 0 Å². The first-order chi connectivity index (χ1) is 6.75. The number of hydrogen-bond donors (Lipinski definition) is 0. The Morgan fingerprint density at radius 1 is 1.79 bits per heavy atom. The van der Waals surface area contributed by atoms with Crippen molar-refractivity contribution in [2.45, 2.75) is 6.92 Å². The number of ketones is 1. The maximum absolute atomic E-state index is 11.1. The Kier molecular flexibility index (Phi) is 3.91. The number of thiophene rings is 1. The van der Waals surface area contributed by atoms with Crippen LogP contribution in [0.25, 0.3) is 16.5 Å². The molecule has 0 unspecified atom stereocenters. The Morgan fingerprint density at radius 3 is 3.21 bits per heavy atom. The predicted molar refractivity (Wildman–Crippen MR) is 57.4 cm³/mol. The summed E-state index contributed by atoms with van der Waals surface area (Å²) in [5, 5.41) is 5.22. The molecular weight excluding hydrogens is 198 g/mol. The van der Waals surface area contributed by atoms with E-state index in [2.05, 4.69) is 10.0 Å². The number of nitrogens with zero attached hydrogens (tertiary/aromatic N) is 3. The highest BCUT2D eigenvalue weighted by Gasteiger charge is 2.04. The molecule has 72 valence electrons. The Labute approximate surface area is 85.5 Å². The SMILES string of the molecule is CC(=O)c1sccc1C=CCN=[N+]=[N-]. The average Bonchev–Trinajstić information content (AvgIpc) is 2.60. The molecule has 0 radical (unpaired) electrons. The molecule has 0 atom stereocenters. The van der Waals surface area contributed by atoms with E-state index >= 15 is 0 Å². The van der Waals surface area contributed by atoms with Crippen LogP contribution in [0.3, 0.4) is 0 Å². The highest BCUT2D eigenvalue weighted by Crippen LogP contribution is 2.18. The molecule has 0 aliphatic heterocycles. The number of hydrogen-bond acceptors (Lipinski definition) is 3. The number of Topliss-reactive ketones (excluding diaryl/α,β-unsaturated/α-hetero) is 1. The van der Waals surface area contributed by atoms with Crippen LogP contribution in [0.5, 0.6) is 0 Å². The summed E-state index contributed by atoms with van der Waals surface area (Å²) in [6, 6.07) is 1.87. The Hall–Kier alpha value is -1.58. The molecule has 1 aromatic heterocycles. The Bertz CT molecular complexity index is 402. The van der Waals surface area contributed by atoms with Gasteiger partial charge in [-0.1, -0.05) is 17.3 Å². The lowest BCUT2D eigenvalue weighted by molar-refractivity contribution is 0.102. The monoisotopic (exact) mass is 207 g/mol. The van der Waals surface area contributed by atoms with Gasteiger partial charge < -0.3 is 0 Å². The lowest BCUT2D eigenvalue weighted by atomic mass is 10.2. The summed E-state index contributed by atoms with van der Waals surface area (Å²) in [4.78, 5) is 14.5. The molecule has 1 heterocycles. The van der Waals surface area contributed by atoms with E-state index in [9.17, 15) is 4.79 Å². The van der Waals surface area contributed by atoms with Crippen LogP contribution in [0, 0.1) is 0 Å². The van der Waals surface area contributed by atoms with Crippen molar-refractivity contribution in [3.63, 3.8) is 0 Å². The van der Waals surface area contributed by atoms with Crippen molar-refractivity contribution in [1.82, 2.24) is 0 Å². The molecule has 5 heteroatoms. The minimum absolute atomic E-state index is 0.0587. The van der Waals surface area contributed by atoms with Gasteiger partial charge in [-0.05, 0) is 29.5 Å². The van der Waals surface area contributed by atoms with Gasteiger partial charge in [0.05, 0.1) is 4.88 Å². The third-order valence-electron chi connectivity index (χ3n) is 1.56. The van der Waals surface area contributed by atoms with E-state index < -0.39 is 0 Å². The van der Waals surface area contributed by atoms with Crippen LogP contribution in [0.4, 0.5) is 0 Å². The third-order valence-corrected chi connectivity index (χ3v) is 2.59. The number of carbonyl (C=O) groups excluding carboxylic acids is 1. The summed E-state index contributed by atoms with van der Waals surface area (Å²) in [5.41, 5.74) is 8.92. The molecule has 1 aromatic rings. The van der Waals surface area contributed by atoms with Gasteiger partial charge in [0.25, 0.3) is 0 Å². The van der Waals surface area contributed by atoms with Gasteiger partial charge in [-0.25, -0.2) is 0 Å². The minimum Gasteiger partial charge on any atom is -0.294 e. The van der Waals surface area contributed by atoms with E-state index in [1.165, 1.54) is 18.3 Å². The van der Waals surface area contributed by atoms with Crippen molar-refractivity contribution < 1.29 is 4.79 Å². The van der Waals surface area contributed by atoms with E-state index in [1.54, 1.807) is 12.2 Å². The summed E-state index contributed by atoms with van der Waals surface area (Å²) in [6.45, 7) is 1.85. The topological polar surface area (TPSA) is 65.8 Å². The maximum Gasteiger partial charge on any atom is 0.170 e. The fourth-order valence-electron chi connectivity index (χ4n) is 1.000. The van der Waals surface area contributed by atoms with Gasteiger partial charge >= 0.3 is 0 Å². The van der Waals surface area contributed by atoms with Crippen molar-refractivity contribution in [2.75, 3.05) is 6.54 Å². The van der Waals surface area contributed by atoms with Gasteiger partial charge in [0.1, 0.15) is 0 Å². The van der Waals surface area contributed by atoms with Gasteiger partial charge in [0, 0.05) is 11.5 Å². The summed E-state index contributed by atoms with van der Waals surface area (Å²) in [5.74, 6) is 0.0587. The normalized spacial score (nSPS) is 10.1. The molecule has 0 aliphatic rings. The molecule has 0 fully saturated rings. The molecule has 0 saturated carbocycles.